The molecule has 2 aliphatic heterocycles. The SMILES string of the molecule is [B][N@+]12CC[C@H](C1)[C@](O)(CN)C2. The first-order chi connectivity index (χ1) is 5.08. The highest BCUT2D eigenvalue weighted by Crippen LogP contribution is 2.39. The van der Waals surface area contributed by atoms with E-state index in [-0.39, 0.29) is 0 Å². The molecule has 2 rings (SSSR count). The van der Waals surface area contributed by atoms with Gasteiger partial charge in [-0.1, -0.05) is 0 Å². The molecule has 0 spiro atoms. The molecule has 0 aromatic rings. The minimum atomic E-state index is -0.660. The third kappa shape index (κ3) is 0.933. The van der Waals surface area contributed by atoms with Gasteiger partial charge in [0, 0.05) is 18.9 Å². The predicted octanol–water partition coefficient (Wildman–Crippen LogP) is -1.39. The van der Waals surface area contributed by atoms with Crippen molar-refractivity contribution in [2.75, 3.05) is 26.2 Å². The number of aliphatic hydroxyl groups is 1. The smallest absolute Gasteiger partial charge is 0.394 e. The molecule has 2 radical (unpaired) electrons. The Balaban J connectivity index is 2.21. The lowest BCUT2D eigenvalue weighted by Crippen LogP contribution is -2.53. The molecule has 0 saturated carbocycles. The van der Waals surface area contributed by atoms with Crippen molar-refractivity contribution in [3.63, 3.8) is 0 Å². The highest BCUT2D eigenvalue weighted by atomic mass is 16.3. The molecular formula is C7H14BN2O+. The highest BCUT2D eigenvalue weighted by molar-refractivity contribution is 5.97. The van der Waals surface area contributed by atoms with Gasteiger partial charge < -0.3 is 15.2 Å². The van der Waals surface area contributed by atoms with Crippen molar-refractivity contribution in [1.29, 1.82) is 0 Å². The van der Waals surface area contributed by atoms with Crippen molar-refractivity contribution in [2.45, 2.75) is 12.0 Å². The lowest BCUT2D eigenvalue weighted by atomic mass is 9.87. The fraction of sp³-hybridized carbons (Fsp3) is 1.00. The van der Waals surface area contributed by atoms with Crippen molar-refractivity contribution in [3.8, 4) is 0 Å². The van der Waals surface area contributed by atoms with Gasteiger partial charge in [0.15, 0.2) is 0 Å². The third-order valence-electron chi connectivity index (χ3n) is 3.21. The Morgan fingerprint density at radius 2 is 2.45 bits per heavy atom. The summed E-state index contributed by atoms with van der Waals surface area (Å²) < 4.78 is 0.540. The van der Waals surface area contributed by atoms with Crippen LogP contribution in [-0.4, -0.2) is 49.3 Å². The van der Waals surface area contributed by atoms with E-state index in [2.05, 4.69) is 0 Å². The number of hydrogen-bond acceptors (Lipinski definition) is 2. The summed E-state index contributed by atoms with van der Waals surface area (Å²) >= 11 is 0. The summed E-state index contributed by atoms with van der Waals surface area (Å²) in [5.41, 5.74) is 4.84. The summed E-state index contributed by atoms with van der Waals surface area (Å²) in [5, 5.41) is 9.93. The van der Waals surface area contributed by atoms with Crippen LogP contribution >= 0.6 is 0 Å². The van der Waals surface area contributed by atoms with Crippen LogP contribution in [0.2, 0.25) is 0 Å². The molecule has 3 N–H and O–H groups in total. The molecule has 3 atom stereocenters. The number of quaternary nitrogens is 1. The zero-order valence-corrected chi connectivity index (χ0v) is 6.66. The van der Waals surface area contributed by atoms with Gasteiger partial charge in [-0.15, -0.1) is 0 Å². The van der Waals surface area contributed by atoms with Gasteiger partial charge in [-0.05, 0) is 0 Å². The molecule has 2 heterocycles. The Morgan fingerprint density at radius 1 is 1.73 bits per heavy atom. The zero-order valence-electron chi connectivity index (χ0n) is 6.66. The Morgan fingerprint density at radius 3 is 2.73 bits per heavy atom. The van der Waals surface area contributed by atoms with Crippen molar-refractivity contribution < 1.29 is 9.50 Å². The van der Waals surface area contributed by atoms with Crippen LogP contribution in [0.3, 0.4) is 0 Å². The fourth-order valence-electron chi connectivity index (χ4n) is 2.52. The van der Waals surface area contributed by atoms with Crippen LogP contribution in [-0.2, 0) is 0 Å². The summed E-state index contributed by atoms with van der Waals surface area (Å²) in [7, 11) is 5.97. The molecule has 0 amide bonds. The van der Waals surface area contributed by atoms with Crippen LogP contribution in [0.15, 0.2) is 0 Å². The topological polar surface area (TPSA) is 46.2 Å². The average molecular weight is 153 g/mol. The van der Waals surface area contributed by atoms with Gasteiger partial charge in [-0.3, -0.25) is 0 Å². The normalized spacial score (nSPS) is 55.3. The Bertz CT molecular complexity index is 189. The van der Waals surface area contributed by atoms with E-state index in [0.29, 0.717) is 23.4 Å². The predicted molar refractivity (Wildman–Crippen MR) is 42.7 cm³/mol. The fourth-order valence-corrected chi connectivity index (χ4v) is 2.52. The molecule has 0 aromatic carbocycles. The monoisotopic (exact) mass is 153 g/mol. The van der Waals surface area contributed by atoms with Crippen LogP contribution in [0, 0.1) is 5.92 Å². The van der Waals surface area contributed by atoms with Crippen molar-refractivity contribution >= 4 is 7.98 Å². The number of fused-ring (bicyclic) bond motifs is 2. The quantitative estimate of drug-likeness (QED) is 0.455. The summed E-state index contributed by atoms with van der Waals surface area (Å²) in [4.78, 5) is 0. The van der Waals surface area contributed by atoms with Crippen LogP contribution in [0.1, 0.15) is 6.42 Å². The molecule has 60 valence electrons. The van der Waals surface area contributed by atoms with E-state index in [9.17, 15) is 5.11 Å². The second kappa shape index (κ2) is 2.00. The van der Waals surface area contributed by atoms with E-state index < -0.39 is 5.60 Å². The van der Waals surface area contributed by atoms with Gasteiger partial charge in [0.05, 0.1) is 19.6 Å². The maximum absolute atomic E-state index is 9.93. The van der Waals surface area contributed by atoms with Gasteiger partial charge in [-0.25, -0.2) is 0 Å². The molecule has 2 saturated heterocycles. The summed E-state index contributed by atoms with van der Waals surface area (Å²) in [5.74, 6) is 0.345. The van der Waals surface area contributed by atoms with Gasteiger partial charge in [0.1, 0.15) is 5.60 Å². The molecule has 3 nitrogen and oxygen atoms in total. The second-order valence-corrected chi connectivity index (χ2v) is 4.08. The number of nitrogens with two attached hydrogens (primary N) is 1. The molecule has 0 aliphatic carbocycles. The Labute approximate surface area is 68.2 Å². The Hall–Kier alpha value is -0.0551. The summed E-state index contributed by atoms with van der Waals surface area (Å²) in [6, 6.07) is 0. The molecule has 2 bridgehead atoms. The lowest BCUT2D eigenvalue weighted by Gasteiger charge is -2.34. The molecule has 4 heteroatoms. The number of nitrogens with zero attached hydrogens (tertiary/aromatic N) is 1. The first kappa shape index (κ1) is 7.59. The second-order valence-electron chi connectivity index (χ2n) is 4.08. The standard InChI is InChI=1S/C7H14BN2O/c8-10-2-1-6(3-10)7(11,4-9)5-10/h6,11H,1-5,9H2/q+1/t6-,7+,10-/m1/s1. The number of rotatable bonds is 1. The lowest BCUT2D eigenvalue weighted by molar-refractivity contribution is -0.798. The number of hydrogen-bond donors (Lipinski definition) is 2. The molecule has 0 unspecified atom stereocenters. The van der Waals surface area contributed by atoms with Crippen LogP contribution in [0.5, 0.6) is 0 Å². The van der Waals surface area contributed by atoms with Gasteiger partial charge in [-0.2, -0.15) is 0 Å². The average Bonchev–Trinajstić information content (AvgIpc) is 2.41. The van der Waals surface area contributed by atoms with E-state index >= 15 is 0 Å². The van der Waals surface area contributed by atoms with Gasteiger partial charge in [0.25, 0.3) is 0 Å². The maximum atomic E-state index is 9.93. The Kier molecular flexibility index (Phi) is 1.38. The molecule has 2 aliphatic rings. The van der Waals surface area contributed by atoms with Crippen molar-refractivity contribution in [2.24, 2.45) is 11.7 Å². The van der Waals surface area contributed by atoms with Crippen LogP contribution < -0.4 is 5.73 Å². The van der Waals surface area contributed by atoms with Crippen molar-refractivity contribution in [1.82, 2.24) is 0 Å². The number of piperidine rings is 1. The van der Waals surface area contributed by atoms with Gasteiger partial charge >= 0.3 is 7.98 Å². The molecule has 0 aromatic heterocycles. The highest BCUT2D eigenvalue weighted by Gasteiger charge is 2.56. The first-order valence-corrected chi connectivity index (χ1v) is 4.15. The molecular weight excluding hydrogens is 139 g/mol. The van der Waals surface area contributed by atoms with Gasteiger partial charge in [0.2, 0.25) is 0 Å². The van der Waals surface area contributed by atoms with Crippen LogP contribution in [0.4, 0.5) is 0 Å². The molecule has 11 heavy (non-hydrogen) atoms. The largest absolute Gasteiger partial charge is 0.481 e. The van der Waals surface area contributed by atoms with E-state index in [0.717, 1.165) is 19.5 Å². The third-order valence-corrected chi connectivity index (χ3v) is 3.21. The summed E-state index contributed by atoms with van der Waals surface area (Å²) in [6.45, 7) is 2.92. The van der Waals surface area contributed by atoms with Crippen molar-refractivity contribution in [3.05, 3.63) is 0 Å². The minimum absolute atomic E-state index is 0.345. The van der Waals surface area contributed by atoms with Crippen LogP contribution in [0.25, 0.3) is 0 Å². The van der Waals surface area contributed by atoms with E-state index in [1.165, 1.54) is 0 Å². The zero-order chi connectivity index (χ0) is 8.11. The van der Waals surface area contributed by atoms with E-state index in [1.807, 2.05) is 0 Å². The van der Waals surface area contributed by atoms with E-state index in [1.54, 1.807) is 0 Å². The van der Waals surface area contributed by atoms with E-state index in [4.69, 9.17) is 13.7 Å². The summed E-state index contributed by atoms with van der Waals surface area (Å²) in [6.07, 6.45) is 1.03. The first-order valence-electron chi connectivity index (χ1n) is 4.15. The maximum Gasteiger partial charge on any atom is 0.481 e. The minimum Gasteiger partial charge on any atom is -0.394 e. The molecule has 2 fully saturated rings.